The van der Waals surface area contributed by atoms with Crippen molar-refractivity contribution >= 4 is 21.6 Å². The van der Waals surface area contributed by atoms with Crippen molar-refractivity contribution in [3.8, 4) is 6.07 Å². The van der Waals surface area contributed by atoms with Crippen LogP contribution >= 0.6 is 0 Å². The lowest BCUT2D eigenvalue weighted by Gasteiger charge is -2.29. The highest BCUT2D eigenvalue weighted by molar-refractivity contribution is 7.89. The van der Waals surface area contributed by atoms with Crippen LogP contribution < -0.4 is 5.32 Å². The Labute approximate surface area is 165 Å². The summed E-state index contributed by atoms with van der Waals surface area (Å²) in [4.78, 5) is 12.6. The molecule has 2 aromatic carbocycles. The SMILES string of the molecule is CC1CCN(S(=O)(=O)c2ccc(C(=O)Nc3ccc(CC#N)cc3)cc2)CC1. The normalized spacial score (nSPS) is 15.7. The van der Waals surface area contributed by atoms with E-state index in [1.807, 2.05) is 0 Å². The zero-order chi connectivity index (χ0) is 20.1. The summed E-state index contributed by atoms with van der Waals surface area (Å²) < 4.78 is 27.0. The Kier molecular flexibility index (Phi) is 6.12. The van der Waals surface area contributed by atoms with Gasteiger partial charge >= 0.3 is 0 Å². The summed E-state index contributed by atoms with van der Waals surface area (Å²) in [6.07, 6.45) is 2.06. The van der Waals surface area contributed by atoms with E-state index in [4.69, 9.17) is 5.26 Å². The molecule has 0 spiro atoms. The van der Waals surface area contributed by atoms with Crippen LogP contribution in [0.25, 0.3) is 0 Å². The van der Waals surface area contributed by atoms with Crippen molar-refractivity contribution in [2.75, 3.05) is 18.4 Å². The van der Waals surface area contributed by atoms with Crippen molar-refractivity contribution in [1.82, 2.24) is 4.31 Å². The van der Waals surface area contributed by atoms with Crippen LogP contribution in [0.1, 0.15) is 35.7 Å². The van der Waals surface area contributed by atoms with Gasteiger partial charge in [0, 0.05) is 24.3 Å². The Morgan fingerprint density at radius 3 is 2.29 bits per heavy atom. The molecule has 1 N–H and O–H groups in total. The number of hydrogen-bond acceptors (Lipinski definition) is 4. The van der Waals surface area contributed by atoms with Crippen LogP contribution in [0.5, 0.6) is 0 Å². The summed E-state index contributed by atoms with van der Waals surface area (Å²) in [6, 6.07) is 15.1. The highest BCUT2D eigenvalue weighted by Gasteiger charge is 2.28. The number of nitrogens with zero attached hydrogens (tertiary/aromatic N) is 2. The van der Waals surface area contributed by atoms with E-state index in [-0.39, 0.29) is 10.8 Å². The maximum absolute atomic E-state index is 12.8. The van der Waals surface area contributed by atoms with E-state index < -0.39 is 10.0 Å². The molecule has 146 valence electrons. The number of nitrogens with one attached hydrogen (secondary N) is 1. The molecule has 2 aromatic rings. The first-order valence-electron chi connectivity index (χ1n) is 9.27. The molecule has 0 saturated carbocycles. The summed E-state index contributed by atoms with van der Waals surface area (Å²) in [5.74, 6) is 0.232. The van der Waals surface area contributed by atoms with Gasteiger partial charge in [0.2, 0.25) is 10.0 Å². The molecule has 0 aliphatic carbocycles. The second kappa shape index (κ2) is 8.55. The lowest BCUT2D eigenvalue weighted by atomic mass is 10.0. The van der Waals surface area contributed by atoms with Crippen molar-refractivity contribution in [2.24, 2.45) is 5.92 Å². The number of benzene rings is 2. The summed E-state index contributed by atoms with van der Waals surface area (Å²) in [7, 11) is -3.52. The number of amides is 1. The van der Waals surface area contributed by atoms with Crippen LogP contribution in [0.3, 0.4) is 0 Å². The van der Waals surface area contributed by atoms with Crippen molar-refractivity contribution < 1.29 is 13.2 Å². The Bertz CT molecular complexity index is 969. The van der Waals surface area contributed by atoms with E-state index in [0.717, 1.165) is 18.4 Å². The molecule has 0 atom stereocenters. The Morgan fingerprint density at radius 2 is 1.71 bits per heavy atom. The molecule has 1 amide bonds. The number of nitriles is 1. The van der Waals surface area contributed by atoms with E-state index >= 15 is 0 Å². The van der Waals surface area contributed by atoms with Gasteiger partial charge in [-0.25, -0.2) is 8.42 Å². The van der Waals surface area contributed by atoms with Crippen molar-refractivity contribution in [3.63, 3.8) is 0 Å². The molecule has 0 radical (unpaired) electrons. The van der Waals surface area contributed by atoms with Crippen LogP contribution in [0.15, 0.2) is 53.4 Å². The Balaban J connectivity index is 1.68. The minimum Gasteiger partial charge on any atom is -0.322 e. The Hall–Kier alpha value is -2.69. The molecule has 0 aromatic heterocycles. The lowest BCUT2D eigenvalue weighted by molar-refractivity contribution is 0.102. The molecule has 0 unspecified atom stereocenters. The zero-order valence-corrected chi connectivity index (χ0v) is 16.6. The first-order valence-corrected chi connectivity index (χ1v) is 10.7. The summed E-state index contributed by atoms with van der Waals surface area (Å²) in [5, 5.41) is 11.5. The molecular weight excluding hydrogens is 374 g/mol. The van der Waals surface area contributed by atoms with Crippen LogP contribution in [-0.4, -0.2) is 31.7 Å². The van der Waals surface area contributed by atoms with Gasteiger partial charge in [-0.3, -0.25) is 4.79 Å². The molecule has 28 heavy (non-hydrogen) atoms. The fourth-order valence-electron chi connectivity index (χ4n) is 3.15. The maximum atomic E-state index is 12.8. The van der Waals surface area contributed by atoms with E-state index in [9.17, 15) is 13.2 Å². The molecule has 0 bridgehead atoms. The van der Waals surface area contributed by atoms with Crippen molar-refractivity contribution in [2.45, 2.75) is 31.1 Å². The van der Waals surface area contributed by atoms with Crippen LogP contribution in [0.4, 0.5) is 5.69 Å². The van der Waals surface area contributed by atoms with Gasteiger partial charge in [-0.05, 0) is 60.7 Å². The molecule has 3 rings (SSSR count). The van der Waals surface area contributed by atoms with Crippen molar-refractivity contribution in [1.29, 1.82) is 5.26 Å². The van der Waals surface area contributed by atoms with Crippen LogP contribution in [0.2, 0.25) is 0 Å². The summed E-state index contributed by atoms with van der Waals surface area (Å²) in [5.41, 5.74) is 1.88. The van der Waals surface area contributed by atoms with Gasteiger partial charge in [0.15, 0.2) is 0 Å². The second-order valence-corrected chi connectivity index (χ2v) is 9.03. The minimum absolute atomic E-state index is 0.208. The number of anilines is 1. The van der Waals surface area contributed by atoms with E-state index in [0.29, 0.717) is 36.7 Å². The zero-order valence-electron chi connectivity index (χ0n) is 15.8. The molecule has 1 heterocycles. The third-order valence-corrected chi connectivity index (χ3v) is 6.90. The van der Waals surface area contributed by atoms with E-state index in [2.05, 4.69) is 18.3 Å². The fourth-order valence-corrected chi connectivity index (χ4v) is 4.62. The first-order chi connectivity index (χ1) is 13.4. The quantitative estimate of drug-likeness (QED) is 0.837. The number of hydrogen-bond donors (Lipinski definition) is 1. The molecule has 1 saturated heterocycles. The van der Waals surface area contributed by atoms with Gasteiger partial charge < -0.3 is 5.32 Å². The summed E-state index contributed by atoms with van der Waals surface area (Å²) >= 11 is 0. The predicted octanol–water partition coefficient (Wildman–Crippen LogP) is 3.43. The first kappa shape index (κ1) is 20.1. The third-order valence-electron chi connectivity index (χ3n) is 4.99. The lowest BCUT2D eigenvalue weighted by Crippen LogP contribution is -2.37. The number of carbonyl (C=O) groups excluding carboxylic acids is 1. The average Bonchev–Trinajstić information content (AvgIpc) is 2.70. The summed E-state index contributed by atoms with van der Waals surface area (Å²) in [6.45, 7) is 3.20. The Morgan fingerprint density at radius 1 is 1.11 bits per heavy atom. The topological polar surface area (TPSA) is 90.3 Å². The van der Waals surface area contributed by atoms with Gasteiger partial charge in [-0.2, -0.15) is 9.57 Å². The molecule has 7 heteroatoms. The largest absolute Gasteiger partial charge is 0.322 e. The third kappa shape index (κ3) is 4.58. The molecule has 1 aliphatic rings. The molecule has 6 nitrogen and oxygen atoms in total. The number of rotatable bonds is 5. The standard InChI is InChI=1S/C21H23N3O3S/c1-16-11-14-24(15-12-16)28(26,27)20-8-4-18(5-9-20)21(25)23-19-6-2-17(3-7-19)10-13-22/h2-9,16H,10-12,14-15H2,1H3,(H,23,25). The monoisotopic (exact) mass is 397 g/mol. The van der Waals surface area contributed by atoms with Crippen LogP contribution in [0, 0.1) is 17.2 Å². The smallest absolute Gasteiger partial charge is 0.255 e. The number of carbonyl (C=O) groups is 1. The highest BCUT2D eigenvalue weighted by Crippen LogP contribution is 2.23. The van der Waals surface area contributed by atoms with E-state index in [1.54, 1.807) is 24.3 Å². The van der Waals surface area contributed by atoms with Gasteiger partial charge in [-0.1, -0.05) is 19.1 Å². The maximum Gasteiger partial charge on any atom is 0.255 e. The van der Waals surface area contributed by atoms with E-state index in [1.165, 1.54) is 28.6 Å². The fraction of sp³-hybridized carbons (Fsp3) is 0.333. The van der Waals surface area contributed by atoms with Gasteiger partial charge in [0.1, 0.15) is 0 Å². The average molecular weight is 398 g/mol. The van der Waals surface area contributed by atoms with Gasteiger partial charge in [0.05, 0.1) is 17.4 Å². The number of piperidine rings is 1. The second-order valence-electron chi connectivity index (χ2n) is 7.10. The van der Waals surface area contributed by atoms with Gasteiger partial charge in [0.25, 0.3) is 5.91 Å². The highest BCUT2D eigenvalue weighted by atomic mass is 32.2. The predicted molar refractivity (Wildman–Crippen MR) is 107 cm³/mol. The number of sulfonamides is 1. The van der Waals surface area contributed by atoms with Crippen LogP contribution in [-0.2, 0) is 16.4 Å². The molecular formula is C21H23N3O3S. The van der Waals surface area contributed by atoms with Gasteiger partial charge in [-0.15, -0.1) is 0 Å². The minimum atomic E-state index is -3.52. The van der Waals surface area contributed by atoms with Crippen molar-refractivity contribution in [3.05, 3.63) is 59.7 Å². The molecule has 1 fully saturated rings. The molecule has 1 aliphatic heterocycles.